The Balaban J connectivity index is 2.82. The van der Waals surface area contributed by atoms with E-state index in [1.54, 1.807) is 13.8 Å². The quantitative estimate of drug-likeness (QED) is 0.316. The Hall–Kier alpha value is -1.99. The minimum atomic E-state index is -3.90. The first kappa shape index (κ1) is 27.3. The highest BCUT2D eigenvalue weighted by Crippen LogP contribution is 2.57. The molecule has 0 aromatic heterocycles. The van der Waals surface area contributed by atoms with E-state index in [1.165, 1.54) is 11.1 Å². The predicted octanol–water partition coefficient (Wildman–Crippen LogP) is 7.81. The van der Waals surface area contributed by atoms with Crippen molar-refractivity contribution in [1.82, 2.24) is 0 Å². The van der Waals surface area contributed by atoms with Crippen molar-refractivity contribution in [1.29, 1.82) is 0 Å². The van der Waals surface area contributed by atoms with Crippen molar-refractivity contribution < 1.29 is 14.2 Å². The summed E-state index contributed by atoms with van der Waals surface area (Å²) < 4.78 is 14.6. The summed E-state index contributed by atoms with van der Waals surface area (Å²) in [7, 11) is -3.90. The van der Waals surface area contributed by atoms with E-state index in [9.17, 15) is 14.2 Å². The van der Waals surface area contributed by atoms with Crippen molar-refractivity contribution in [2.45, 2.75) is 99.6 Å². The molecule has 0 amide bonds. The molecule has 3 nitrogen and oxygen atoms in total. The number of benzene rings is 2. The number of carbonyl (C=O) groups excluding carboxylic acids is 2. The summed E-state index contributed by atoms with van der Waals surface area (Å²) in [4.78, 5) is 28.2. The summed E-state index contributed by atoms with van der Waals surface area (Å²) in [5, 5.41) is 0. The summed E-state index contributed by atoms with van der Waals surface area (Å²) >= 11 is 0. The Bertz CT molecular complexity index is 949. The van der Waals surface area contributed by atoms with Gasteiger partial charge in [0.05, 0.1) is 0 Å². The van der Waals surface area contributed by atoms with Gasteiger partial charge in [-0.25, -0.2) is 0 Å². The van der Waals surface area contributed by atoms with E-state index in [2.05, 4.69) is 13.8 Å². The van der Waals surface area contributed by atoms with Crippen LogP contribution in [0.15, 0.2) is 24.3 Å². The monoisotopic (exact) mass is 468 g/mol. The van der Waals surface area contributed by atoms with Crippen molar-refractivity contribution in [2.75, 3.05) is 0 Å². The topological polar surface area (TPSA) is 51.2 Å². The van der Waals surface area contributed by atoms with Gasteiger partial charge >= 0.3 is 0 Å². The average molecular weight is 469 g/mol. The second-order valence-corrected chi connectivity index (χ2v) is 12.2. The summed E-state index contributed by atoms with van der Waals surface area (Å²) in [6.07, 6.45) is 4.41. The van der Waals surface area contributed by atoms with E-state index in [-0.39, 0.29) is 0 Å². The normalized spacial score (nSPS) is 11.8. The summed E-state index contributed by atoms with van der Waals surface area (Å²) in [6.45, 7) is 15.8. The van der Waals surface area contributed by atoms with Gasteiger partial charge in [0, 0.05) is 16.8 Å². The molecule has 0 atom stereocenters. The van der Waals surface area contributed by atoms with Crippen LogP contribution in [0, 0.1) is 0 Å². The van der Waals surface area contributed by atoms with Gasteiger partial charge in [-0.2, -0.15) is 0 Å². The molecule has 0 spiro atoms. The van der Waals surface area contributed by atoms with Crippen molar-refractivity contribution in [2.24, 2.45) is 0 Å². The fourth-order valence-corrected chi connectivity index (χ4v) is 7.01. The second kappa shape index (κ2) is 11.4. The molecule has 0 heterocycles. The highest BCUT2D eigenvalue weighted by molar-refractivity contribution is 7.95. The molecule has 0 aliphatic rings. The molecule has 0 aliphatic carbocycles. The molecule has 2 aromatic rings. The Morgan fingerprint density at radius 1 is 0.606 bits per heavy atom. The third kappa shape index (κ3) is 5.09. The van der Waals surface area contributed by atoms with Gasteiger partial charge in [0.1, 0.15) is 0 Å². The first-order valence-corrected chi connectivity index (χ1v) is 14.4. The lowest BCUT2D eigenvalue weighted by atomic mass is 9.94. The highest BCUT2D eigenvalue weighted by Gasteiger charge is 2.46. The predicted molar refractivity (Wildman–Crippen MR) is 141 cm³/mol. The molecule has 0 saturated heterocycles. The molecule has 2 rings (SSSR count). The molecular weight excluding hydrogens is 427 g/mol. The third-order valence-corrected chi connectivity index (χ3v) is 9.93. The fourth-order valence-electron chi connectivity index (χ4n) is 4.65. The van der Waals surface area contributed by atoms with Gasteiger partial charge in [-0.05, 0) is 71.9 Å². The maximum absolute atomic E-state index is 14.6. The van der Waals surface area contributed by atoms with Crippen molar-refractivity contribution in [3.63, 3.8) is 0 Å². The van der Waals surface area contributed by atoms with Crippen LogP contribution in [0.2, 0.25) is 0 Å². The van der Waals surface area contributed by atoms with Crippen LogP contribution in [-0.4, -0.2) is 16.7 Å². The lowest BCUT2D eigenvalue weighted by Gasteiger charge is -2.25. The number of hydrogen-bond acceptors (Lipinski definition) is 3. The molecule has 0 fully saturated rings. The summed E-state index contributed by atoms with van der Waals surface area (Å²) in [6, 6.07) is 8.19. The van der Waals surface area contributed by atoms with Gasteiger partial charge < -0.3 is 4.57 Å². The van der Waals surface area contributed by atoms with Gasteiger partial charge in [-0.3, -0.25) is 9.59 Å². The second-order valence-electron chi connectivity index (χ2n) is 9.06. The Morgan fingerprint density at radius 3 is 1.06 bits per heavy atom. The van der Waals surface area contributed by atoms with Crippen LogP contribution in [0.3, 0.4) is 0 Å². The molecule has 4 heteroatoms. The zero-order valence-corrected chi connectivity index (χ0v) is 22.7. The smallest absolute Gasteiger partial charge is 0.229 e. The van der Waals surface area contributed by atoms with E-state index in [0.29, 0.717) is 36.8 Å². The Morgan fingerprint density at radius 2 is 0.879 bits per heavy atom. The number of hydrogen-bond donors (Lipinski definition) is 0. The number of aryl methyl sites for hydroxylation is 6. The van der Waals surface area contributed by atoms with Crippen LogP contribution < -0.4 is 0 Å². The lowest BCUT2D eigenvalue weighted by molar-refractivity contribution is 0.103. The van der Waals surface area contributed by atoms with Gasteiger partial charge in [-0.1, -0.05) is 79.7 Å². The van der Waals surface area contributed by atoms with E-state index in [4.69, 9.17) is 0 Å². The minimum Gasteiger partial charge on any atom is -0.306 e. The van der Waals surface area contributed by atoms with Crippen molar-refractivity contribution >= 4 is 18.2 Å². The molecule has 0 bridgehead atoms. The molecule has 0 radical (unpaired) electrons. The molecule has 33 heavy (non-hydrogen) atoms. The Labute approximate surface area is 200 Å². The van der Waals surface area contributed by atoms with E-state index in [1.807, 2.05) is 52.0 Å². The molecule has 2 aromatic carbocycles. The first-order valence-electron chi connectivity index (χ1n) is 12.6. The van der Waals surface area contributed by atoms with E-state index in [0.717, 1.165) is 35.1 Å². The van der Waals surface area contributed by atoms with Crippen LogP contribution in [0.25, 0.3) is 0 Å². The van der Waals surface area contributed by atoms with Crippen LogP contribution in [0.4, 0.5) is 0 Å². The van der Waals surface area contributed by atoms with Gasteiger partial charge in [0.2, 0.25) is 18.2 Å². The number of carbonyl (C=O) groups is 2. The Kier molecular flexibility index (Phi) is 9.44. The van der Waals surface area contributed by atoms with Gasteiger partial charge in [-0.15, -0.1) is 0 Å². The zero-order chi connectivity index (χ0) is 24.9. The van der Waals surface area contributed by atoms with Crippen molar-refractivity contribution in [3.8, 4) is 0 Å². The first-order chi connectivity index (χ1) is 15.6. The summed E-state index contributed by atoms with van der Waals surface area (Å²) in [5.41, 5.74) is 5.51. The van der Waals surface area contributed by atoms with Crippen LogP contribution >= 0.6 is 7.14 Å². The fraction of sp³-hybridized carbons (Fsp3) is 0.517. The molecule has 0 unspecified atom stereocenters. The molecular formula is C29H41O3P. The largest absolute Gasteiger partial charge is 0.306 e. The zero-order valence-electron chi connectivity index (χ0n) is 21.8. The van der Waals surface area contributed by atoms with Crippen LogP contribution in [0.1, 0.15) is 109 Å². The van der Waals surface area contributed by atoms with Crippen LogP contribution in [0.5, 0.6) is 0 Å². The third-order valence-electron chi connectivity index (χ3n) is 6.82. The standard InChI is InChI=1S/C29H41O3P/c1-9-20-15-22(11-3)26(23(12-4)16-20)28(30)33(32,19(7)8)29(31)27-24(13-5)17-21(10-2)18-25(27)14-6/h15-19H,9-14H2,1-8H3. The summed E-state index contributed by atoms with van der Waals surface area (Å²) in [5.74, 6) is 0. The maximum atomic E-state index is 14.6. The minimum absolute atomic E-state index is 0.456. The van der Waals surface area contributed by atoms with E-state index >= 15 is 0 Å². The highest BCUT2D eigenvalue weighted by atomic mass is 31.2. The molecule has 0 N–H and O–H groups in total. The average Bonchev–Trinajstić information content (AvgIpc) is 2.84. The lowest BCUT2D eigenvalue weighted by Crippen LogP contribution is -2.22. The van der Waals surface area contributed by atoms with E-state index < -0.39 is 23.8 Å². The maximum Gasteiger partial charge on any atom is 0.229 e. The molecule has 0 aliphatic heterocycles. The molecule has 180 valence electrons. The number of rotatable bonds is 11. The van der Waals surface area contributed by atoms with Crippen molar-refractivity contribution in [3.05, 3.63) is 68.8 Å². The van der Waals surface area contributed by atoms with Crippen LogP contribution in [-0.2, 0) is 43.1 Å². The van der Waals surface area contributed by atoms with Gasteiger partial charge in [0.25, 0.3) is 0 Å². The SMILES string of the molecule is CCc1cc(CC)c(C(=O)P(=O)(C(=O)c2c(CC)cc(CC)cc2CC)C(C)C)c(CC)c1. The molecule has 0 saturated carbocycles. The van der Waals surface area contributed by atoms with Gasteiger partial charge in [0.15, 0.2) is 0 Å².